The lowest BCUT2D eigenvalue weighted by atomic mass is 9.95. The van der Waals surface area contributed by atoms with Crippen LogP contribution >= 0.6 is 0 Å². The molecule has 144 valence electrons. The summed E-state index contributed by atoms with van der Waals surface area (Å²) in [6.07, 6.45) is 1.94. The molecule has 26 heavy (non-hydrogen) atoms. The lowest BCUT2D eigenvalue weighted by Gasteiger charge is -2.18. The SMILES string of the molecule is CCOC(=O)CCNC(=O)[C@H](CC(C)C)C(=O)Nc1cccn(C)c1=O. The minimum atomic E-state index is -0.956. The van der Waals surface area contributed by atoms with Gasteiger partial charge in [-0.15, -0.1) is 0 Å². The highest BCUT2D eigenvalue weighted by atomic mass is 16.5. The molecular formula is C18H27N3O5. The molecule has 0 saturated carbocycles. The molecule has 0 aliphatic rings. The largest absolute Gasteiger partial charge is 0.466 e. The van der Waals surface area contributed by atoms with Crippen molar-refractivity contribution in [3.8, 4) is 0 Å². The van der Waals surface area contributed by atoms with E-state index in [0.717, 1.165) is 0 Å². The van der Waals surface area contributed by atoms with Crippen LogP contribution in [0.15, 0.2) is 23.1 Å². The summed E-state index contributed by atoms with van der Waals surface area (Å²) in [5, 5.41) is 5.12. The highest BCUT2D eigenvalue weighted by Gasteiger charge is 2.28. The van der Waals surface area contributed by atoms with E-state index in [1.165, 1.54) is 10.6 Å². The zero-order chi connectivity index (χ0) is 19.7. The van der Waals surface area contributed by atoms with Gasteiger partial charge in [-0.1, -0.05) is 13.8 Å². The molecule has 8 nitrogen and oxygen atoms in total. The van der Waals surface area contributed by atoms with E-state index in [9.17, 15) is 19.2 Å². The summed E-state index contributed by atoms with van der Waals surface area (Å²) in [7, 11) is 1.58. The fourth-order valence-electron chi connectivity index (χ4n) is 2.36. The second-order valence-electron chi connectivity index (χ2n) is 6.36. The zero-order valence-electron chi connectivity index (χ0n) is 15.7. The van der Waals surface area contributed by atoms with Gasteiger partial charge < -0.3 is 19.9 Å². The number of carbonyl (C=O) groups is 3. The highest BCUT2D eigenvalue weighted by molar-refractivity contribution is 6.06. The first-order valence-electron chi connectivity index (χ1n) is 8.66. The molecule has 2 N–H and O–H groups in total. The van der Waals surface area contributed by atoms with Crippen LogP contribution in [-0.2, 0) is 26.2 Å². The molecule has 0 aliphatic carbocycles. The number of anilines is 1. The molecule has 0 spiro atoms. The molecule has 8 heteroatoms. The molecular weight excluding hydrogens is 338 g/mol. The van der Waals surface area contributed by atoms with Crippen LogP contribution in [0.4, 0.5) is 5.69 Å². The number of carbonyl (C=O) groups excluding carboxylic acids is 3. The first-order valence-corrected chi connectivity index (χ1v) is 8.66. The Hall–Kier alpha value is -2.64. The number of nitrogens with zero attached hydrogens (tertiary/aromatic N) is 1. The van der Waals surface area contributed by atoms with Crippen LogP contribution in [0.5, 0.6) is 0 Å². The van der Waals surface area contributed by atoms with Crippen LogP contribution in [-0.4, -0.2) is 35.5 Å². The number of ether oxygens (including phenoxy) is 1. The number of amides is 2. The molecule has 1 atom stereocenters. The number of hydrogen-bond donors (Lipinski definition) is 2. The van der Waals surface area contributed by atoms with Crippen molar-refractivity contribution < 1.29 is 19.1 Å². The Labute approximate surface area is 152 Å². The van der Waals surface area contributed by atoms with Gasteiger partial charge in [0, 0.05) is 19.8 Å². The van der Waals surface area contributed by atoms with E-state index < -0.39 is 23.7 Å². The molecule has 0 aliphatic heterocycles. The molecule has 1 heterocycles. The lowest BCUT2D eigenvalue weighted by molar-refractivity contribution is -0.143. The Balaban J connectivity index is 2.76. The van der Waals surface area contributed by atoms with Crippen LogP contribution in [0, 0.1) is 11.8 Å². The molecule has 0 bridgehead atoms. The number of aryl methyl sites for hydroxylation is 1. The third-order valence-corrected chi connectivity index (χ3v) is 3.65. The first kappa shape index (κ1) is 21.4. The molecule has 0 radical (unpaired) electrons. The van der Waals surface area contributed by atoms with Gasteiger partial charge in [0.2, 0.25) is 11.8 Å². The van der Waals surface area contributed by atoms with Gasteiger partial charge in [0.1, 0.15) is 11.6 Å². The maximum Gasteiger partial charge on any atom is 0.307 e. The van der Waals surface area contributed by atoms with Crippen molar-refractivity contribution in [1.29, 1.82) is 0 Å². The first-order chi connectivity index (χ1) is 12.3. The van der Waals surface area contributed by atoms with E-state index in [4.69, 9.17) is 4.74 Å². The number of hydrogen-bond acceptors (Lipinski definition) is 5. The lowest BCUT2D eigenvalue weighted by Crippen LogP contribution is -2.40. The fourth-order valence-corrected chi connectivity index (χ4v) is 2.36. The van der Waals surface area contributed by atoms with Crippen LogP contribution in [0.2, 0.25) is 0 Å². The number of rotatable bonds is 9. The maximum atomic E-state index is 12.5. The summed E-state index contributed by atoms with van der Waals surface area (Å²) in [5.74, 6) is -2.29. The van der Waals surface area contributed by atoms with Gasteiger partial charge in [-0.3, -0.25) is 19.2 Å². The third-order valence-electron chi connectivity index (χ3n) is 3.65. The molecule has 0 saturated heterocycles. The van der Waals surface area contributed by atoms with E-state index in [0.29, 0.717) is 6.42 Å². The summed E-state index contributed by atoms with van der Waals surface area (Å²) in [6, 6.07) is 3.12. The Bertz CT molecular complexity index is 696. The minimum Gasteiger partial charge on any atom is -0.466 e. The Morgan fingerprint density at radius 2 is 1.92 bits per heavy atom. The third kappa shape index (κ3) is 6.70. The molecule has 1 aromatic heterocycles. The van der Waals surface area contributed by atoms with Crippen molar-refractivity contribution in [2.75, 3.05) is 18.5 Å². The van der Waals surface area contributed by atoms with Gasteiger partial charge in [0.15, 0.2) is 0 Å². The molecule has 0 fully saturated rings. The van der Waals surface area contributed by atoms with Crippen LogP contribution in [0.3, 0.4) is 0 Å². The van der Waals surface area contributed by atoms with Crippen molar-refractivity contribution in [1.82, 2.24) is 9.88 Å². The average Bonchev–Trinajstić information content (AvgIpc) is 2.56. The second-order valence-corrected chi connectivity index (χ2v) is 6.36. The number of nitrogens with one attached hydrogen (secondary N) is 2. The summed E-state index contributed by atoms with van der Waals surface area (Å²) < 4.78 is 6.13. The Morgan fingerprint density at radius 3 is 2.54 bits per heavy atom. The summed E-state index contributed by atoms with van der Waals surface area (Å²) in [6.45, 7) is 5.86. The monoisotopic (exact) mass is 365 g/mol. The number of esters is 1. The Kier molecular flexibility index (Phi) is 8.54. The quantitative estimate of drug-likeness (QED) is 0.503. The second kappa shape index (κ2) is 10.4. The Morgan fingerprint density at radius 1 is 1.23 bits per heavy atom. The van der Waals surface area contributed by atoms with Crippen LogP contribution in [0.25, 0.3) is 0 Å². The van der Waals surface area contributed by atoms with Gasteiger partial charge in [0.25, 0.3) is 5.56 Å². The van der Waals surface area contributed by atoms with Crippen LogP contribution < -0.4 is 16.2 Å². The fraction of sp³-hybridized carbons (Fsp3) is 0.556. The van der Waals surface area contributed by atoms with E-state index in [1.807, 2.05) is 13.8 Å². The zero-order valence-corrected chi connectivity index (χ0v) is 15.7. The molecule has 0 aromatic carbocycles. The van der Waals surface area contributed by atoms with E-state index in [1.54, 1.807) is 26.2 Å². The van der Waals surface area contributed by atoms with E-state index in [-0.39, 0.29) is 36.7 Å². The standard InChI is InChI=1S/C18H27N3O5/c1-5-26-15(22)8-9-19-16(23)13(11-12(2)3)17(24)20-14-7-6-10-21(4)18(14)25/h6-7,10,12-13H,5,8-9,11H2,1-4H3,(H,19,23)(H,20,24)/t13-/m0/s1. The topological polar surface area (TPSA) is 106 Å². The van der Waals surface area contributed by atoms with Crippen molar-refractivity contribution in [2.45, 2.75) is 33.6 Å². The summed E-state index contributed by atoms with van der Waals surface area (Å²) in [4.78, 5) is 48.3. The molecule has 2 amide bonds. The predicted molar refractivity (Wildman–Crippen MR) is 97.5 cm³/mol. The van der Waals surface area contributed by atoms with Crippen LogP contribution in [0.1, 0.15) is 33.6 Å². The maximum absolute atomic E-state index is 12.5. The van der Waals surface area contributed by atoms with Crippen molar-refractivity contribution in [3.63, 3.8) is 0 Å². The van der Waals surface area contributed by atoms with E-state index >= 15 is 0 Å². The smallest absolute Gasteiger partial charge is 0.307 e. The predicted octanol–water partition coefficient (Wildman–Crippen LogP) is 1.06. The minimum absolute atomic E-state index is 0.0365. The van der Waals surface area contributed by atoms with Gasteiger partial charge in [-0.2, -0.15) is 0 Å². The highest BCUT2D eigenvalue weighted by Crippen LogP contribution is 2.14. The average molecular weight is 365 g/mol. The van der Waals surface area contributed by atoms with E-state index in [2.05, 4.69) is 10.6 Å². The van der Waals surface area contributed by atoms with Crippen molar-refractivity contribution in [3.05, 3.63) is 28.7 Å². The number of pyridine rings is 1. The number of aromatic nitrogens is 1. The van der Waals surface area contributed by atoms with Gasteiger partial charge >= 0.3 is 5.97 Å². The van der Waals surface area contributed by atoms with Crippen molar-refractivity contribution in [2.24, 2.45) is 18.9 Å². The molecule has 0 unspecified atom stereocenters. The van der Waals surface area contributed by atoms with Gasteiger partial charge in [0.05, 0.1) is 13.0 Å². The summed E-state index contributed by atoms with van der Waals surface area (Å²) >= 11 is 0. The molecule has 1 aromatic rings. The summed E-state index contributed by atoms with van der Waals surface area (Å²) in [5.41, 5.74) is -0.236. The van der Waals surface area contributed by atoms with Gasteiger partial charge in [-0.05, 0) is 31.4 Å². The van der Waals surface area contributed by atoms with Crippen molar-refractivity contribution >= 4 is 23.5 Å². The molecule has 1 rings (SSSR count). The normalized spacial score (nSPS) is 11.7. The van der Waals surface area contributed by atoms with Gasteiger partial charge in [-0.25, -0.2) is 0 Å².